The van der Waals surface area contributed by atoms with Crippen molar-refractivity contribution in [2.45, 2.75) is 12.7 Å². The topological polar surface area (TPSA) is 58.5 Å². The van der Waals surface area contributed by atoms with E-state index in [9.17, 15) is 13.2 Å². The Bertz CT molecular complexity index is 499. The van der Waals surface area contributed by atoms with Crippen molar-refractivity contribution >= 4 is 5.69 Å². The minimum atomic E-state index is -4.44. The molecule has 0 aliphatic heterocycles. The lowest BCUT2D eigenvalue weighted by atomic mass is 10.3. The van der Waals surface area contributed by atoms with E-state index >= 15 is 0 Å². The molecule has 0 radical (unpaired) electrons. The second kappa shape index (κ2) is 4.11. The number of hydrogen-bond acceptors (Lipinski definition) is 3. The van der Waals surface area contributed by atoms with E-state index in [4.69, 9.17) is 0 Å². The van der Waals surface area contributed by atoms with Crippen LogP contribution in [0.15, 0.2) is 18.7 Å². The molecule has 0 spiro atoms. The van der Waals surface area contributed by atoms with E-state index in [0.717, 1.165) is 11.9 Å². The van der Waals surface area contributed by atoms with Crippen LogP contribution in [0.4, 0.5) is 18.9 Å². The number of aromatic amines is 1. The molecule has 2 aromatic rings. The third kappa shape index (κ3) is 2.40. The maximum Gasteiger partial charge on any atom is 0.434 e. The van der Waals surface area contributed by atoms with Crippen LogP contribution in [0, 0.1) is 0 Å². The molecule has 0 amide bonds. The molecular formula is C9H10F3N5. The second-order valence-corrected chi connectivity index (χ2v) is 3.51. The van der Waals surface area contributed by atoms with E-state index in [1.807, 2.05) is 5.10 Å². The molecule has 0 aromatic carbocycles. The molecule has 17 heavy (non-hydrogen) atoms. The Morgan fingerprint density at radius 3 is 2.76 bits per heavy atom. The van der Waals surface area contributed by atoms with Gasteiger partial charge in [0.25, 0.3) is 0 Å². The number of halogens is 3. The van der Waals surface area contributed by atoms with Crippen LogP contribution in [0.1, 0.15) is 11.4 Å². The van der Waals surface area contributed by atoms with Crippen LogP contribution in [-0.2, 0) is 19.8 Å². The number of aryl methyl sites for hydroxylation is 1. The largest absolute Gasteiger partial charge is 0.434 e. The predicted octanol–water partition coefficient (Wildman–Crippen LogP) is 1.77. The van der Waals surface area contributed by atoms with Crippen molar-refractivity contribution in [3.05, 3.63) is 30.1 Å². The Kier molecular flexibility index (Phi) is 2.78. The van der Waals surface area contributed by atoms with Gasteiger partial charge in [-0.3, -0.25) is 5.10 Å². The van der Waals surface area contributed by atoms with Gasteiger partial charge in [0.15, 0.2) is 5.69 Å². The summed E-state index contributed by atoms with van der Waals surface area (Å²) >= 11 is 0. The van der Waals surface area contributed by atoms with Crippen LogP contribution >= 0.6 is 0 Å². The number of H-pyrrole nitrogens is 1. The van der Waals surface area contributed by atoms with Gasteiger partial charge in [0.2, 0.25) is 0 Å². The van der Waals surface area contributed by atoms with Crippen LogP contribution in [0.5, 0.6) is 0 Å². The first-order valence-electron chi connectivity index (χ1n) is 4.78. The fourth-order valence-electron chi connectivity index (χ4n) is 1.38. The molecule has 0 saturated heterocycles. The zero-order valence-electron chi connectivity index (χ0n) is 8.91. The number of alkyl halides is 3. The molecule has 0 bridgehead atoms. The Balaban J connectivity index is 2.10. The molecule has 2 aromatic heterocycles. The van der Waals surface area contributed by atoms with Crippen LogP contribution in [0.2, 0.25) is 0 Å². The smallest absolute Gasteiger partial charge is 0.376 e. The van der Waals surface area contributed by atoms with Gasteiger partial charge < -0.3 is 9.88 Å². The normalized spacial score (nSPS) is 11.8. The highest BCUT2D eigenvalue weighted by atomic mass is 19.4. The molecule has 8 heteroatoms. The molecule has 0 atom stereocenters. The minimum Gasteiger partial charge on any atom is -0.376 e. The van der Waals surface area contributed by atoms with Crippen LogP contribution < -0.4 is 5.32 Å². The van der Waals surface area contributed by atoms with Gasteiger partial charge in [-0.05, 0) is 0 Å². The first kappa shape index (κ1) is 11.5. The maximum absolute atomic E-state index is 12.5. The van der Waals surface area contributed by atoms with E-state index in [2.05, 4.69) is 15.4 Å². The molecule has 92 valence electrons. The van der Waals surface area contributed by atoms with Gasteiger partial charge in [0, 0.05) is 13.2 Å². The highest BCUT2D eigenvalue weighted by molar-refractivity contribution is 5.47. The average Bonchev–Trinajstić information content (AvgIpc) is 2.82. The van der Waals surface area contributed by atoms with Gasteiger partial charge in [-0.15, -0.1) is 0 Å². The number of nitrogens with one attached hydrogen (secondary N) is 2. The third-order valence-corrected chi connectivity index (χ3v) is 2.30. The van der Waals surface area contributed by atoms with Crippen molar-refractivity contribution in [1.29, 1.82) is 0 Å². The van der Waals surface area contributed by atoms with E-state index in [1.54, 1.807) is 24.1 Å². The monoisotopic (exact) mass is 245 g/mol. The molecule has 2 N–H and O–H groups in total. The quantitative estimate of drug-likeness (QED) is 0.866. The number of anilines is 1. The molecule has 0 aliphatic rings. The second-order valence-electron chi connectivity index (χ2n) is 3.51. The summed E-state index contributed by atoms with van der Waals surface area (Å²) in [7, 11) is 1.77. The number of imidazole rings is 1. The SMILES string of the molecule is Cn1cncc1CNc1cn[nH]c1C(F)(F)F. The van der Waals surface area contributed by atoms with Gasteiger partial charge in [-0.25, -0.2) is 4.98 Å². The van der Waals surface area contributed by atoms with Gasteiger partial charge in [0.1, 0.15) is 0 Å². The Labute approximate surface area is 94.7 Å². The van der Waals surface area contributed by atoms with Gasteiger partial charge >= 0.3 is 6.18 Å². The van der Waals surface area contributed by atoms with Crippen molar-refractivity contribution in [1.82, 2.24) is 19.7 Å². The Hall–Kier alpha value is -1.99. The highest BCUT2D eigenvalue weighted by Gasteiger charge is 2.35. The summed E-state index contributed by atoms with van der Waals surface area (Å²) in [5, 5.41) is 7.98. The van der Waals surface area contributed by atoms with E-state index in [1.165, 1.54) is 0 Å². The lowest BCUT2D eigenvalue weighted by Crippen LogP contribution is -2.11. The van der Waals surface area contributed by atoms with Crippen molar-refractivity contribution in [3.8, 4) is 0 Å². The molecule has 0 unspecified atom stereocenters. The van der Waals surface area contributed by atoms with Gasteiger partial charge in [-0.1, -0.05) is 0 Å². The summed E-state index contributed by atoms with van der Waals surface area (Å²) in [5.74, 6) is 0. The first-order valence-corrected chi connectivity index (χ1v) is 4.78. The van der Waals surface area contributed by atoms with Crippen molar-refractivity contribution in [3.63, 3.8) is 0 Å². The van der Waals surface area contributed by atoms with E-state index < -0.39 is 11.9 Å². The summed E-state index contributed by atoms with van der Waals surface area (Å²) in [6.45, 7) is 0.249. The van der Waals surface area contributed by atoms with E-state index in [0.29, 0.717) is 0 Å². The molecule has 0 fully saturated rings. The van der Waals surface area contributed by atoms with Crippen LogP contribution in [0.3, 0.4) is 0 Å². The molecule has 2 heterocycles. The lowest BCUT2D eigenvalue weighted by molar-refractivity contribution is -0.140. The van der Waals surface area contributed by atoms with Crippen LogP contribution in [0.25, 0.3) is 0 Å². The zero-order chi connectivity index (χ0) is 12.5. The Morgan fingerprint density at radius 2 is 2.18 bits per heavy atom. The standard InChI is InChI=1S/C9H10F3N5/c1-17-5-13-2-6(17)3-14-7-4-15-16-8(7)9(10,11)12/h2,4-5,14H,3H2,1H3,(H,15,16). The van der Waals surface area contributed by atoms with Crippen molar-refractivity contribution in [2.24, 2.45) is 7.05 Å². The van der Waals surface area contributed by atoms with E-state index in [-0.39, 0.29) is 12.2 Å². The van der Waals surface area contributed by atoms with Gasteiger partial charge in [0.05, 0.1) is 30.5 Å². The number of rotatable bonds is 3. The predicted molar refractivity (Wildman–Crippen MR) is 54.1 cm³/mol. The summed E-state index contributed by atoms with van der Waals surface area (Å²) in [6, 6.07) is 0. The zero-order valence-corrected chi connectivity index (χ0v) is 8.91. The number of aromatic nitrogens is 4. The van der Waals surface area contributed by atoms with Crippen molar-refractivity contribution in [2.75, 3.05) is 5.32 Å². The fourth-order valence-corrected chi connectivity index (χ4v) is 1.38. The maximum atomic E-state index is 12.5. The summed E-state index contributed by atoms with van der Waals surface area (Å²) in [4.78, 5) is 3.87. The minimum absolute atomic E-state index is 0.0706. The average molecular weight is 245 g/mol. The summed E-state index contributed by atoms with van der Waals surface area (Å²) in [6.07, 6.45) is -0.165. The summed E-state index contributed by atoms with van der Waals surface area (Å²) < 4.78 is 39.2. The number of hydrogen-bond donors (Lipinski definition) is 2. The number of nitrogens with zero attached hydrogens (tertiary/aromatic N) is 3. The Morgan fingerprint density at radius 1 is 1.41 bits per heavy atom. The molecule has 5 nitrogen and oxygen atoms in total. The molecular weight excluding hydrogens is 235 g/mol. The first-order chi connectivity index (χ1) is 7.98. The van der Waals surface area contributed by atoms with Crippen molar-refractivity contribution < 1.29 is 13.2 Å². The fraction of sp³-hybridized carbons (Fsp3) is 0.333. The molecule has 0 saturated carbocycles. The lowest BCUT2D eigenvalue weighted by Gasteiger charge is -2.09. The van der Waals surface area contributed by atoms with Gasteiger partial charge in [-0.2, -0.15) is 18.3 Å². The molecule has 2 rings (SSSR count). The third-order valence-electron chi connectivity index (χ3n) is 2.30. The highest BCUT2D eigenvalue weighted by Crippen LogP contribution is 2.32. The molecule has 0 aliphatic carbocycles. The van der Waals surface area contributed by atoms with Crippen LogP contribution in [-0.4, -0.2) is 19.7 Å². The summed E-state index contributed by atoms with van der Waals surface area (Å²) in [5.41, 5.74) is -0.169.